The van der Waals surface area contributed by atoms with Crippen LogP contribution in [0.25, 0.3) is 0 Å². The molecule has 0 bridgehead atoms. The van der Waals surface area contributed by atoms with Crippen molar-refractivity contribution in [1.29, 1.82) is 0 Å². The third-order valence-corrected chi connectivity index (χ3v) is 4.69. The molecule has 1 N–H and O–H groups in total. The van der Waals surface area contributed by atoms with Crippen molar-refractivity contribution < 1.29 is 17.0 Å². The molecular weight excluding hydrogens is 336 g/mol. The number of benzene rings is 1. The normalized spacial score (nSPS) is 12.9. The van der Waals surface area contributed by atoms with Gasteiger partial charge in [0.15, 0.2) is 0 Å². The van der Waals surface area contributed by atoms with E-state index >= 15 is 0 Å². The molecule has 106 valence electrons. The molecule has 3 heteroatoms. The van der Waals surface area contributed by atoms with Crippen molar-refractivity contribution in [3.8, 4) is 0 Å². The van der Waals surface area contributed by atoms with Gasteiger partial charge >= 0.3 is 124 Å². The van der Waals surface area contributed by atoms with Gasteiger partial charge in [-0.15, -0.1) is 0 Å². The summed E-state index contributed by atoms with van der Waals surface area (Å²) in [7, 11) is 8.17. The van der Waals surface area contributed by atoms with Crippen LogP contribution in [0.3, 0.4) is 0 Å². The van der Waals surface area contributed by atoms with Gasteiger partial charge in [0.2, 0.25) is 0 Å². The summed E-state index contributed by atoms with van der Waals surface area (Å²) in [6, 6.07) is 4.33. The van der Waals surface area contributed by atoms with Gasteiger partial charge in [0.25, 0.3) is 0 Å². The van der Waals surface area contributed by atoms with E-state index in [0.29, 0.717) is 0 Å². The molecule has 0 saturated heterocycles. The first-order valence-corrected chi connectivity index (χ1v) is 8.97. The Morgan fingerprint density at radius 3 is 1.78 bits per heavy atom. The van der Waals surface area contributed by atoms with Gasteiger partial charge in [0.1, 0.15) is 0 Å². The molecule has 0 fully saturated rings. The first-order valence-electron chi connectivity index (χ1n) is 6.19. The van der Waals surface area contributed by atoms with Gasteiger partial charge in [0.05, 0.1) is 0 Å². The fraction of sp³-hybridized carbons (Fsp3) is 0.600. The SMILES string of the molecule is CNc1cc[c]([Pd][Cl])c(C(C)(C)C)c1C(C)(C)C. The maximum atomic E-state index is 6.19. The predicted molar refractivity (Wildman–Crippen MR) is 78.9 cm³/mol. The second-order valence-electron chi connectivity index (χ2n) is 6.62. The van der Waals surface area contributed by atoms with Gasteiger partial charge in [-0.05, 0) is 0 Å². The summed E-state index contributed by atoms with van der Waals surface area (Å²) in [6.45, 7) is 13.6. The number of halogens is 1. The zero-order chi connectivity index (χ0) is 14.1. The Kier molecular flexibility index (Phi) is 4.93. The summed E-state index contributed by atoms with van der Waals surface area (Å²) in [6.07, 6.45) is 0. The second-order valence-corrected chi connectivity index (χ2v) is 8.46. The second kappa shape index (κ2) is 5.53. The maximum absolute atomic E-state index is 6.19. The van der Waals surface area contributed by atoms with Crippen molar-refractivity contribution in [2.45, 2.75) is 52.4 Å². The van der Waals surface area contributed by atoms with Gasteiger partial charge in [-0.2, -0.15) is 0 Å². The molecule has 0 atom stereocenters. The van der Waals surface area contributed by atoms with Crippen LogP contribution in [0, 0.1) is 0 Å². The van der Waals surface area contributed by atoms with Crippen LogP contribution in [0.4, 0.5) is 5.69 Å². The minimum atomic E-state index is 0.108. The standard InChI is InChI=1S/C15H24N.ClH.Pd/c1-14(2,3)11-9-8-10-12(16-7)13(11)15(4,5)6;;/h8,10,16H,1-7H3;1H;/q;;+1/p-1. The molecular formula is C15H24ClNPd. The Hall–Kier alpha value is -0.0277. The van der Waals surface area contributed by atoms with E-state index in [2.05, 4.69) is 59.0 Å². The molecule has 0 amide bonds. The summed E-state index contributed by atoms with van der Waals surface area (Å²) in [5.41, 5.74) is 4.24. The molecule has 0 aliphatic heterocycles. The Morgan fingerprint density at radius 1 is 0.944 bits per heavy atom. The van der Waals surface area contributed by atoms with Crippen LogP contribution in [0.5, 0.6) is 0 Å². The van der Waals surface area contributed by atoms with Gasteiger partial charge in [-0.1, -0.05) is 0 Å². The van der Waals surface area contributed by atoms with Gasteiger partial charge in [-0.25, -0.2) is 0 Å². The van der Waals surface area contributed by atoms with Crippen LogP contribution in [-0.2, 0) is 27.8 Å². The fourth-order valence-corrected chi connectivity index (χ4v) is 4.05. The van der Waals surface area contributed by atoms with Gasteiger partial charge in [0, 0.05) is 0 Å². The quantitative estimate of drug-likeness (QED) is 0.780. The van der Waals surface area contributed by atoms with Crippen molar-refractivity contribution in [3.63, 3.8) is 0 Å². The van der Waals surface area contributed by atoms with Crippen molar-refractivity contribution in [2.75, 3.05) is 12.4 Å². The molecule has 0 heterocycles. The number of hydrogen-bond donors (Lipinski definition) is 1. The predicted octanol–water partition coefficient (Wildman–Crippen LogP) is 4.18. The van der Waals surface area contributed by atoms with Crippen LogP contribution in [0.15, 0.2) is 12.1 Å². The first kappa shape index (κ1) is 16.0. The fourth-order valence-electron chi connectivity index (χ4n) is 2.31. The average molecular weight is 360 g/mol. The molecule has 0 aliphatic rings. The number of hydrogen-bond acceptors (Lipinski definition) is 1. The van der Waals surface area contributed by atoms with E-state index in [4.69, 9.17) is 9.53 Å². The van der Waals surface area contributed by atoms with Crippen LogP contribution >= 0.6 is 9.53 Å². The van der Waals surface area contributed by atoms with Crippen LogP contribution in [0.1, 0.15) is 52.7 Å². The molecule has 18 heavy (non-hydrogen) atoms. The molecule has 0 aromatic heterocycles. The summed E-state index contributed by atoms with van der Waals surface area (Å²) in [4.78, 5) is 0. The van der Waals surface area contributed by atoms with Crippen molar-refractivity contribution in [3.05, 3.63) is 23.3 Å². The minimum absolute atomic E-state index is 0.108. The van der Waals surface area contributed by atoms with Crippen LogP contribution < -0.4 is 9.35 Å². The monoisotopic (exact) mass is 359 g/mol. The summed E-state index contributed by atoms with van der Waals surface area (Å²) < 4.78 is 1.29. The molecule has 0 aliphatic carbocycles. The van der Waals surface area contributed by atoms with Crippen LogP contribution in [-0.4, -0.2) is 7.05 Å². The van der Waals surface area contributed by atoms with E-state index in [9.17, 15) is 0 Å². The van der Waals surface area contributed by atoms with Crippen LogP contribution in [0.2, 0.25) is 0 Å². The summed E-state index contributed by atoms with van der Waals surface area (Å²) >= 11 is 0.121. The number of anilines is 1. The van der Waals surface area contributed by atoms with E-state index in [1.165, 1.54) is 20.9 Å². The zero-order valence-corrected chi connectivity index (χ0v) is 14.7. The number of nitrogens with one attached hydrogen (secondary N) is 1. The third kappa shape index (κ3) is 3.29. The molecule has 1 aromatic carbocycles. The molecule has 0 spiro atoms. The van der Waals surface area contributed by atoms with E-state index in [1.807, 2.05) is 7.05 Å². The average Bonchev–Trinajstić information content (AvgIpc) is 2.24. The molecule has 1 rings (SSSR count). The molecule has 1 aromatic rings. The van der Waals surface area contributed by atoms with Gasteiger partial charge in [-0.3, -0.25) is 0 Å². The zero-order valence-electron chi connectivity index (χ0n) is 12.3. The number of rotatable bonds is 2. The summed E-state index contributed by atoms with van der Waals surface area (Å²) in [5, 5.41) is 3.33. The van der Waals surface area contributed by atoms with Crippen molar-refractivity contribution in [1.82, 2.24) is 0 Å². The molecule has 1 nitrogen and oxygen atoms in total. The van der Waals surface area contributed by atoms with E-state index in [1.54, 1.807) is 0 Å². The van der Waals surface area contributed by atoms with Crippen molar-refractivity contribution in [2.24, 2.45) is 0 Å². The van der Waals surface area contributed by atoms with Gasteiger partial charge < -0.3 is 0 Å². The Morgan fingerprint density at radius 2 is 1.44 bits per heavy atom. The third-order valence-electron chi connectivity index (χ3n) is 2.96. The topological polar surface area (TPSA) is 12.0 Å². The Labute approximate surface area is 124 Å². The Balaban J connectivity index is 3.71. The van der Waals surface area contributed by atoms with E-state index in [-0.39, 0.29) is 27.8 Å². The van der Waals surface area contributed by atoms with Crippen molar-refractivity contribution >= 4 is 19.3 Å². The Bertz CT molecular complexity index is 386. The van der Waals surface area contributed by atoms with E-state index in [0.717, 1.165) is 0 Å². The molecule has 0 saturated carbocycles. The molecule has 0 unspecified atom stereocenters. The van der Waals surface area contributed by atoms with E-state index < -0.39 is 0 Å². The summed E-state index contributed by atoms with van der Waals surface area (Å²) in [5.74, 6) is 0. The first-order chi connectivity index (χ1) is 8.12. The molecule has 0 radical (unpaired) electrons.